The van der Waals surface area contributed by atoms with Gasteiger partial charge in [0.15, 0.2) is 6.04 Å². The Labute approximate surface area is 107 Å². The van der Waals surface area contributed by atoms with E-state index >= 15 is 0 Å². The van der Waals surface area contributed by atoms with E-state index in [1.165, 1.54) is 5.48 Å². The highest BCUT2D eigenvalue weighted by Crippen LogP contribution is 2.21. The van der Waals surface area contributed by atoms with Crippen LogP contribution in [0.1, 0.15) is 5.56 Å². The number of benzene rings is 1. The molecule has 1 aliphatic rings. The van der Waals surface area contributed by atoms with Gasteiger partial charge in [-0.1, -0.05) is 23.2 Å². The summed E-state index contributed by atoms with van der Waals surface area (Å²) >= 11 is 11.7. The zero-order valence-electron chi connectivity index (χ0n) is 8.48. The van der Waals surface area contributed by atoms with Crippen molar-refractivity contribution in [3.05, 3.63) is 33.8 Å². The molecule has 1 heterocycles. The van der Waals surface area contributed by atoms with Crippen LogP contribution in [-0.2, 0) is 9.53 Å². The molecule has 90 valence electrons. The Hall–Kier alpha value is -1.30. The Balaban J connectivity index is 2.26. The van der Waals surface area contributed by atoms with Crippen LogP contribution < -0.4 is 5.48 Å². The number of nitrogens with one attached hydrogen (secondary N) is 1. The number of hydrogen-bond acceptors (Lipinski definition) is 4. The molecule has 1 atom stereocenters. The lowest BCUT2D eigenvalue weighted by Crippen LogP contribution is -2.31. The first-order valence-corrected chi connectivity index (χ1v) is 5.47. The molecule has 2 N–H and O–H groups in total. The molecular formula is C10H8Cl2N2O3. The molecule has 7 heteroatoms. The maximum Gasteiger partial charge on any atom is 0.271 e. The van der Waals surface area contributed by atoms with Gasteiger partial charge < -0.3 is 4.74 Å². The van der Waals surface area contributed by atoms with Crippen molar-refractivity contribution in [1.82, 2.24) is 5.48 Å². The second-order valence-electron chi connectivity index (χ2n) is 3.40. The number of hydroxylamine groups is 1. The topological polar surface area (TPSA) is 70.9 Å². The van der Waals surface area contributed by atoms with Crippen molar-refractivity contribution in [2.24, 2.45) is 4.99 Å². The Morgan fingerprint density at radius 2 is 2.06 bits per heavy atom. The van der Waals surface area contributed by atoms with Gasteiger partial charge in [-0.3, -0.25) is 10.0 Å². The minimum Gasteiger partial charge on any atom is -0.475 e. The van der Waals surface area contributed by atoms with E-state index in [1.807, 2.05) is 0 Å². The summed E-state index contributed by atoms with van der Waals surface area (Å²) in [6.07, 6.45) is 0. The number of ether oxygens (including phenoxy) is 1. The van der Waals surface area contributed by atoms with Crippen molar-refractivity contribution in [2.45, 2.75) is 6.04 Å². The van der Waals surface area contributed by atoms with E-state index in [2.05, 4.69) is 4.99 Å². The van der Waals surface area contributed by atoms with Crippen LogP contribution in [0.2, 0.25) is 10.0 Å². The fraction of sp³-hybridized carbons (Fsp3) is 0.200. The molecule has 17 heavy (non-hydrogen) atoms. The van der Waals surface area contributed by atoms with E-state index in [9.17, 15) is 4.79 Å². The molecule has 1 aromatic rings. The largest absolute Gasteiger partial charge is 0.475 e. The van der Waals surface area contributed by atoms with Crippen LogP contribution in [0.3, 0.4) is 0 Å². The molecular weight excluding hydrogens is 267 g/mol. The monoisotopic (exact) mass is 274 g/mol. The molecule has 0 radical (unpaired) electrons. The Morgan fingerprint density at radius 1 is 1.41 bits per heavy atom. The van der Waals surface area contributed by atoms with E-state index in [0.29, 0.717) is 15.6 Å². The number of carbonyl (C=O) groups excluding carboxylic acids is 1. The van der Waals surface area contributed by atoms with E-state index in [-0.39, 0.29) is 12.5 Å². The lowest BCUT2D eigenvalue weighted by Gasteiger charge is -2.02. The van der Waals surface area contributed by atoms with Crippen molar-refractivity contribution in [2.75, 3.05) is 6.61 Å². The summed E-state index contributed by atoms with van der Waals surface area (Å²) in [5.41, 5.74) is 2.12. The second-order valence-corrected chi connectivity index (χ2v) is 4.27. The normalized spacial score (nSPS) is 18.5. The van der Waals surface area contributed by atoms with Gasteiger partial charge in [0.2, 0.25) is 5.90 Å². The lowest BCUT2D eigenvalue weighted by molar-refractivity contribution is -0.130. The van der Waals surface area contributed by atoms with Gasteiger partial charge in [0.05, 0.1) is 0 Å². The van der Waals surface area contributed by atoms with Gasteiger partial charge in [-0.2, -0.15) is 0 Å². The first-order chi connectivity index (χ1) is 8.10. The SMILES string of the molecule is O=C(NO)[C@H]1COC(c2cc(Cl)cc(Cl)c2)=N1. The van der Waals surface area contributed by atoms with Gasteiger partial charge >= 0.3 is 0 Å². The average Bonchev–Trinajstić information content (AvgIpc) is 2.76. The van der Waals surface area contributed by atoms with Gasteiger partial charge in [0.25, 0.3) is 5.91 Å². The first-order valence-electron chi connectivity index (χ1n) is 4.71. The minimum atomic E-state index is -0.757. The van der Waals surface area contributed by atoms with Crippen molar-refractivity contribution < 1.29 is 14.7 Å². The standard InChI is InChI=1S/C10H8Cl2N2O3/c11-6-1-5(2-7(12)3-6)10-13-8(4-17-10)9(15)14-16/h1-3,8,16H,4H2,(H,14,15)/t8-/m1/s1. The third kappa shape index (κ3) is 2.69. The van der Waals surface area contributed by atoms with Gasteiger partial charge in [0, 0.05) is 15.6 Å². The molecule has 0 saturated heterocycles. The van der Waals surface area contributed by atoms with Crippen molar-refractivity contribution in [3.8, 4) is 0 Å². The summed E-state index contributed by atoms with van der Waals surface area (Å²) in [5.74, 6) is -0.337. The summed E-state index contributed by atoms with van der Waals surface area (Å²) in [5, 5.41) is 9.38. The van der Waals surface area contributed by atoms with Crippen molar-refractivity contribution >= 4 is 35.0 Å². The molecule has 1 aliphatic heterocycles. The van der Waals surface area contributed by atoms with E-state index in [4.69, 9.17) is 33.1 Å². The van der Waals surface area contributed by atoms with Gasteiger partial charge in [0.1, 0.15) is 6.61 Å². The van der Waals surface area contributed by atoms with Crippen molar-refractivity contribution in [3.63, 3.8) is 0 Å². The van der Waals surface area contributed by atoms with Crippen LogP contribution in [-0.4, -0.2) is 29.7 Å². The quantitative estimate of drug-likeness (QED) is 0.636. The third-order valence-corrected chi connectivity index (χ3v) is 2.61. The van der Waals surface area contributed by atoms with Gasteiger partial charge in [-0.05, 0) is 18.2 Å². The molecule has 0 unspecified atom stereocenters. The highest BCUT2D eigenvalue weighted by Gasteiger charge is 2.26. The summed E-state index contributed by atoms with van der Waals surface area (Å²) < 4.78 is 5.25. The van der Waals surface area contributed by atoms with E-state index in [1.54, 1.807) is 18.2 Å². The molecule has 1 aromatic carbocycles. The predicted molar refractivity (Wildman–Crippen MR) is 62.7 cm³/mol. The van der Waals surface area contributed by atoms with E-state index < -0.39 is 11.9 Å². The molecule has 0 saturated carbocycles. The molecule has 1 amide bonds. The summed E-state index contributed by atoms with van der Waals surface area (Å²) in [4.78, 5) is 15.1. The number of hydrogen-bond donors (Lipinski definition) is 2. The molecule has 2 rings (SSSR count). The molecule has 0 bridgehead atoms. The predicted octanol–water partition coefficient (Wildman–Crippen LogP) is 1.64. The first kappa shape index (κ1) is 12.2. The Bertz CT molecular complexity index is 470. The summed E-state index contributed by atoms with van der Waals surface area (Å²) in [6, 6.07) is 4.09. The maximum absolute atomic E-state index is 11.1. The van der Waals surface area contributed by atoms with Gasteiger partial charge in [-0.15, -0.1) is 0 Å². The van der Waals surface area contributed by atoms with Crippen LogP contribution in [0.25, 0.3) is 0 Å². The molecule has 5 nitrogen and oxygen atoms in total. The smallest absolute Gasteiger partial charge is 0.271 e. The molecule has 0 spiro atoms. The number of carbonyl (C=O) groups is 1. The highest BCUT2D eigenvalue weighted by molar-refractivity contribution is 6.35. The molecule has 0 aromatic heterocycles. The highest BCUT2D eigenvalue weighted by atomic mass is 35.5. The maximum atomic E-state index is 11.1. The summed E-state index contributed by atoms with van der Waals surface area (Å²) in [6.45, 7) is 0.0753. The summed E-state index contributed by atoms with van der Waals surface area (Å²) in [7, 11) is 0. The number of aliphatic imine (C=N–C) groups is 1. The lowest BCUT2D eigenvalue weighted by atomic mass is 10.2. The number of rotatable bonds is 2. The Morgan fingerprint density at radius 3 is 2.65 bits per heavy atom. The second kappa shape index (κ2) is 4.91. The van der Waals surface area contributed by atoms with Crippen LogP contribution >= 0.6 is 23.2 Å². The van der Waals surface area contributed by atoms with Crippen LogP contribution in [0.5, 0.6) is 0 Å². The van der Waals surface area contributed by atoms with Crippen LogP contribution in [0.15, 0.2) is 23.2 Å². The number of halogens is 2. The molecule has 0 fully saturated rings. The zero-order valence-corrected chi connectivity index (χ0v) is 10.00. The van der Waals surface area contributed by atoms with Crippen molar-refractivity contribution in [1.29, 1.82) is 0 Å². The van der Waals surface area contributed by atoms with Crippen LogP contribution in [0, 0.1) is 0 Å². The average molecular weight is 275 g/mol. The molecule has 0 aliphatic carbocycles. The van der Waals surface area contributed by atoms with Crippen LogP contribution in [0.4, 0.5) is 0 Å². The van der Waals surface area contributed by atoms with Gasteiger partial charge in [-0.25, -0.2) is 10.5 Å². The fourth-order valence-electron chi connectivity index (χ4n) is 1.42. The number of amides is 1. The Kier molecular flexibility index (Phi) is 3.51. The minimum absolute atomic E-state index is 0.0753. The fourth-order valence-corrected chi connectivity index (χ4v) is 1.94. The number of nitrogens with zero attached hydrogens (tertiary/aromatic N) is 1. The van der Waals surface area contributed by atoms with E-state index in [0.717, 1.165) is 0 Å². The third-order valence-electron chi connectivity index (χ3n) is 2.17. The zero-order chi connectivity index (χ0) is 12.4.